The van der Waals surface area contributed by atoms with Crippen molar-refractivity contribution >= 4 is 40.0 Å². The topological polar surface area (TPSA) is 87.5 Å². The third-order valence-corrected chi connectivity index (χ3v) is 5.05. The molecule has 1 heterocycles. The lowest BCUT2D eigenvalue weighted by atomic mass is 9.99. The van der Waals surface area contributed by atoms with E-state index < -0.39 is 0 Å². The number of hydrazine groups is 1. The van der Waals surface area contributed by atoms with Gasteiger partial charge in [0.05, 0.1) is 17.0 Å². The summed E-state index contributed by atoms with van der Waals surface area (Å²) in [6.45, 7) is 1.53. The van der Waals surface area contributed by atoms with Crippen molar-refractivity contribution in [1.82, 2.24) is 5.43 Å². The van der Waals surface area contributed by atoms with Crippen molar-refractivity contribution < 1.29 is 9.59 Å². The van der Waals surface area contributed by atoms with Crippen molar-refractivity contribution in [2.24, 2.45) is 0 Å². The summed E-state index contributed by atoms with van der Waals surface area (Å²) in [6, 6.07) is 22.3. The number of ketones is 1. The molecule has 1 amide bonds. The Hall–Kier alpha value is -3.90. The SMILES string of the molecule is CNN(/C(=C1\C(=O)Nc2ccc(N)cc21)c1ccccc1)c1ccc(C(C)=O)cc1. The Morgan fingerprint density at radius 2 is 1.67 bits per heavy atom. The first kappa shape index (κ1) is 19.4. The van der Waals surface area contributed by atoms with Gasteiger partial charge in [-0.3, -0.25) is 14.6 Å². The maximum absolute atomic E-state index is 13.0. The van der Waals surface area contributed by atoms with Crippen LogP contribution in [0.25, 0.3) is 11.3 Å². The number of nitrogen functional groups attached to an aromatic ring is 1. The molecule has 3 aromatic carbocycles. The van der Waals surface area contributed by atoms with E-state index in [-0.39, 0.29) is 11.7 Å². The molecule has 6 nitrogen and oxygen atoms in total. The molecule has 4 rings (SSSR count). The Morgan fingerprint density at radius 1 is 0.967 bits per heavy atom. The van der Waals surface area contributed by atoms with Gasteiger partial charge in [-0.1, -0.05) is 30.3 Å². The van der Waals surface area contributed by atoms with Crippen molar-refractivity contribution in [2.45, 2.75) is 6.92 Å². The lowest BCUT2D eigenvalue weighted by Crippen LogP contribution is -2.34. The number of hydrogen-bond donors (Lipinski definition) is 3. The van der Waals surface area contributed by atoms with E-state index in [0.29, 0.717) is 22.5 Å². The molecule has 0 atom stereocenters. The molecule has 0 aliphatic carbocycles. The number of nitrogens with one attached hydrogen (secondary N) is 2. The van der Waals surface area contributed by atoms with E-state index in [1.165, 1.54) is 6.92 Å². The summed E-state index contributed by atoms with van der Waals surface area (Å²) in [7, 11) is 1.79. The molecule has 0 fully saturated rings. The van der Waals surface area contributed by atoms with E-state index in [9.17, 15) is 9.59 Å². The van der Waals surface area contributed by atoms with Gasteiger partial charge in [-0.2, -0.15) is 0 Å². The van der Waals surface area contributed by atoms with E-state index in [2.05, 4.69) is 10.7 Å². The molecule has 0 bridgehead atoms. The predicted molar refractivity (Wildman–Crippen MR) is 121 cm³/mol. The number of rotatable bonds is 5. The second-order valence-electron chi connectivity index (χ2n) is 7.01. The van der Waals surface area contributed by atoms with Crippen molar-refractivity contribution in [3.8, 4) is 0 Å². The van der Waals surface area contributed by atoms with E-state index in [0.717, 1.165) is 22.5 Å². The van der Waals surface area contributed by atoms with Crippen LogP contribution in [-0.4, -0.2) is 18.7 Å². The minimum absolute atomic E-state index is 0.00114. The number of Topliss-reactive ketones (excluding diaryl/α,β-unsaturated/α-hetero) is 1. The fraction of sp³-hybridized carbons (Fsp3) is 0.0833. The Labute approximate surface area is 175 Å². The normalized spacial score (nSPS) is 14.1. The Morgan fingerprint density at radius 3 is 2.30 bits per heavy atom. The van der Waals surface area contributed by atoms with Gasteiger partial charge in [-0.05, 0) is 49.4 Å². The van der Waals surface area contributed by atoms with E-state index in [4.69, 9.17) is 5.73 Å². The summed E-state index contributed by atoms with van der Waals surface area (Å²) >= 11 is 0. The smallest absolute Gasteiger partial charge is 0.258 e. The molecule has 0 saturated heterocycles. The van der Waals surface area contributed by atoms with Gasteiger partial charge in [0.15, 0.2) is 5.78 Å². The van der Waals surface area contributed by atoms with Crippen molar-refractivity contribution in [3.05, 3.63) is 89.5 Å². The van der Waals surface area contributed by atoms with Crippen molar-refractivity contribution in [3.63, 3.8) is 0 Å². The summed E-state index contributed by atoms with van der Waals surface area (Å²) in [4.78, 5) is 24.7. The Kier molecular flexibility index (Phi) is 5.08. The Bertz CT molecular complexity index is 1150. The number of carbonyl (C=O) groups is 2. The first-order chi connectivity index (χ1) is 14.5. The highest BCUT2D eigenvalue weighted by molar-refractivity contribution is 6.37. The van der Waals surface area contributed by atoms with Crippen LogP contribution in [0.3, 0.4) is 0 Å². The van der Waals surface area contributed by atoms with Gasteiger partial charge in [0.25, 0.3) is 5.91 Å². The van der Waals surface area contributed by atoms with Gasteiger partial charge in [0, 0.05) is 35.1 Å². The molecule has 30 heavy (non-hydrogen) atoms. The van der Waals surface area contributed by atoms with Crippen LogP contribution >= 0.6 is 0 Å². The minimum atomic E-state index is -0.199. The van der Waals surface area contributed by atoms with Crippen LogP contribution < -0.4 is 21.5 Å². The van der Waals surface area contributed by atoms with Crippen LogP contribution in [0.4, 0.5) is 17.1 Å². The molecule has 3 aromatic rings. The zero-order valence-corrected chi connectivity index (χ0v) is 16.8. The number of carbonyl (C=O) groups excluding carboxylic acids is 2. The summed E-state index contributed by atoms with van der Waals surface area (Å²) in [5.41, 5.74) is 14.8. The second-order valence-corrected chi connectivity index (χ2v) is 7.01. The van der Waals surface area contributed by atoms with Crippen LogP contribution in [0.2, 0.25) is 0 Å². The van der Waals surface area contributed by atoms with Crippen LogP contribution in [0.1, 0.15) is 28.4 Å². The lowest BCUT2D eigenvalue weighted by Gasteiger charge is -2.28. The number of nitrogens with two attached hydrogens (primary N) is 1. The van der Waals surface area contributed by atoms with Gasteiger partial charge >= 0.3 is 0 Å². The fourth-order valence-electron chi connectivity index (χ4n) is 3.62. The van der Waals surface area contributed by atoms with Crippen LogP contribution in [-0.2, 0) is 4.79 Å². The van der Waals surface area contributed by atoms with Gasteiger partial charge in [-0.15, -0.1) is 0 Å². The lowest BCUT2D eigenvalue weighted by molar-refractivity contribution is -0.110. The monoisotopic (exact) mass is 398 g/mol. The molecule has 150 valence electrons. The molecule has 0 spiro atoms. The first-order valence-corrected chi connectivity index (χ1v) is 9.59. The van der Waals surface area contributed by atoms with Crippen LogP contribution in [0.15, 0.2) is 72.8 Å². The van der Waals surface area contributed by atoms with Crippen LogP contribution in [0, 0.1) is 0 Å². The largest absolute Gasteiger partial charge is 0.399 e. The third-order valence-electron chi connectivity index (χ3n) is 5.05. The predicted octanol–water partition coefficient (Wildman–Crippen LogP) is 3.93. The number of benzene rings is 3. The van der Waals surface area contributed by atoms with Crippen molar-refractivity contribution in [1.29, 1.82) is 0 Å². The first-order valence-electron chi connectivity index (χ1n) is 9.59. The number of amides is 1. The minimum Gasteiger partial charge on any atom is -0.399 e. The van der Waals surface area contributed by atoms with Crippen LogP contribution in [0.5, 0.6) is 0 Å². The van der Waals surface area contributed by atoms with E-state index >= 15 is 0 Å². The molecular weight excluding hydrogens is 376 g/mol. The fourth-order valence-corrected chi connectivity index (χ4v) is 3.62. The van der Waals surface area contributed by atoms with Gasteiger partial charge in [-0.25, -0.2) is 5.43 Å². The molecule has 1 aliphatic rings. The standard InChI is InChI=1S/C24H22N4O2/c1-15(29)16-8-11-19(12-9-16)28(26-2)23(17-6-4-3-5-7-17)22-20-14-18(25)10-13-21(20)27-24(22)30/h3-14,26H,25H2,1-2H3,(H,27,30)/b23-22-. The molecule has 4 N–H and O–H groups in total. The third kappa shape index (κ3) is 3.44. The van der Waals surface area contributed by atoms with Gasteiger partial charge in [0.2, 0.25) is 0 Å². The summed E-state index contributed by atoms with van der Waals surface area (Å²) in [5.74, 6) is -0.200. The van der Waals surface area contributed by atoms with Crippen molar-refractivity contribution in [2.75, 3.05) is 23.1 Å². The average molecular weight is 398 g/mol. The summed E-state index contributed by atoms with van der Waals surface area (Å²) in [6.07, 6.45) is 0. The molecule has 6 heteroatoms. The summed E-state index contributed by atoms with van der Waals surface area (Å²) < 4.78 is 0. The Balaban J connectivity index is 1.96. The molecule has 0 unspecified atom stereocenters. The maximum Gasteiger partial charge on any atom is 0.258 e. The number of anilines is 3. The number of hydrogen-bond acceptors (Lipinski definition) is 5. The van der Waals surface area contributed by atoms with E-state index in [1.54, 1.807) is 31.3 Å². The number of nitrogens with zero attached hydrogens (tertiary/aromatic N) is 1. The molecular formula is C24H22N4O2. The highest BCUT2D eigenvalue weighted by Crippen LogP contribution is 2.40. The van der Waals surface area contributed by atoms with Gasteiger partial charge < -0.3 is 11.1 Å². The highest BCUT2D eigenvalue weighted by Gasteiger charge is 2.31. The highest BCUT2D eigenvalue weighted by atomic mass is 16.2. The molecule has 0 saturated carbocycles. The zero-order chi connectivity index (χ0) is 21.3. The molecule has 1 aliphatic heterocycles. The zero-order valence-electron chi connectivity index (χ0n) is 16.8. The molecule has 0 radical (unpaired) electrons. The number of fused-ring (bicyclic) bond motifs is 1. The maximum atomic E-state index is 13.0. The van der Waals surface area contributed by atoms with E-state index in [1.807, 2.05) is 53.5 Å². The quantitative estimate of drug-likeness (QED) is 0.262. The molecule has 0 aromatic heterocycles. The second kappa shape index (κ2) is 7.85. The average Bonchev–Trinajstić information content (AvgIpc) is 3.07. The van der Waals surface area contributed by atoms with Gasteiger partial charge in [0.1, 0.15) is 0 Å². The summed E-state index contributed by atoms with van der Waals surface area (Å²) in [5, 5.41) is 4.77.